The molecule has 3 aromatic carbocycles. The maximum Gasteiger partial charge on any atom is 0.416 e. The Bertz CT molecular complexity index is 1480. The van der Waals surface area contributed by atoms with Crippen LogP contribution >= 0.6 is 11.9 Å². The zero-order chi connectivity index (χ0) is 29.4. The summed E-state index contributed by atoms with van der Waals surface area (Å²) in [6.07, 6.45) is -0.845. The Morgan fingerprint density at radius 3 is 2.55 bits per heavy atom. The van der Waals surface area contributed by atoms with Crippen molar-refractivity contribution in [2.45, 2.75) is 48.7 Å². The Hall–Kier alpha value is -3.37. The van der Waals surface area contributed by atoms with E-state index in [1.165, 1.54) is 41.8 Å². The van der Waals surface area contributed by atoms with Gasteiger partial charge in [0, 0.05) is 36.1 Å². The third-order valence-corrected chi connectivity index (χ3v) is 9.31. The van der Waals surface area contributed by atoms with E-state index < -0.39 is 11.7 Å². The minimum Gasteiger partial charge on any atom is -0.360 e. The van der Waals surface area contributed by atoms with Gasteiger partial charge in [-0.05, 0) is 109 Å². The fraction of sp³-hybridized carbons (Fsp3) is 0.375. The zero-order valence-corrected chi connectivity index (χ0v) is 24.0. The molecule has 3 aliphatic rings. The van der Waals surface area contributed by atoms with Crippen molar-refractivity contribution < 1.29 is 22.4 Å². The number of amides is 1. The largest absolute Gasteiger partial charge is 0.416 e. The first-order chi connectivity index (χ1) is 20.2. The number of alkyl halides is 3. The number of hydrogen-bond donors (Lipinski definition) is 1. The third kappa shape index (κ3) is 6.20. The second-order valence-corrected chi connectivity index (χ2v) is 12.1. The molecular weight excluding hydrogens is 564 g/mol. The topological polar surface area (TPSA) is 47.9 Å². The number of nitrogens with zero attached hydrogens (tertiary/aromatic N) is 3. The van der Waals surface area contributed by atoms with Gasteiger partial charge in [0.1, 0.15) is 11.7 Å². The molecule has 1 N–H and O–H groups in total. The van der Waals surface area contributed by atoms with E-state index in [-0.39, 0.29) is 29.6 Å². The van der Waals surface area contributed by atoms with Crippen LogP contribution in [0.3, 0.4) is 0 Å². The summed E-state index contributed by atoms with van der Waals surface area (Å²) >= 11 is 1.32. The molecule has 6 rings (SSSR count). The first-order valence-corrected chi connectivity index (χ1v) is 15.0. The van der Waals surface area contributed by atoms with E-state index in [9.17, 15) is 22.4 Å². The van der Waals surface area contributed by atoms with Crippen molar-refractivity contribution in [1.29, 1.82) is 0 Å². The quantitative estimate of drug-likeness (QED) is 0.225. The van der Waals surface area contributed by atoms with Crippen LogP contribution in [0.2, 0.25) is 0 Å². The van der Waals surface area contributed by atoms with Crippen LogP contribution in [0.5, 0.6) is 0 Å². The summed E-state index contributed by atoms with van der Waals surface area (Å²) in [5, 5.41) is 0. The van der Waals surface area contributed by atoms with E-state index >= 15 is 0 Å². The summed E-state index contributed by atoms with van der Waals surface area (Å²) in [4.78, 5) is 23.2. The molecule has 5 nitrogen and oxygen atoms in total. The first kappa shape index (κ1) is 28.7. The Labute approximate surface area is 247 Å². The Morgan fingerprint density at radius 1 is 1.10 bits per heavy atom. The lowest BCUT2D eigenvalue weighted by molar-refractivity contribution is -0.137. The highest BCUT2D eigenvalue weighted by atomic mass is 32.2. The minimum atomic E-state index is -4.36. The highest BCUT2D eigenvalue weighted by molar-refractivity contribution is 7.97. The number of amidine groups is 1. The molecular formula is C32H32F4N4OS. The van der Waals surface area contributed by atoms with Gasteiger partial charge in [0.2, 0.25) is 5.91 Å². The molecule has 3 aromatic rings. The summed E-state index contributed by atoms with van der Waals surface area (Å²) in [7, 11) is 1.98. The van der Waals surface area contributed by atoms with Crippen molar-refractivity contribution in [2.24, 2.45) is 10.9 Å². The number of aliphatic imine (C=N–C) groups is 1. The highest BCUT2D eigenvalue weighted by Crippen LogP contribution is 2.49. The van der Waals surface area contributed by atoms with Crippen LogP contribution in [0.1, 0.15) is 53.5 Å². The molecule has 10 heteroatoms. The van der Waals surface area contributed by atoms with Gasteiger partial charge in [-0.2, -0.15) is 13.2 Å². The van der Waals surface area contributed by atoms with Gasteiger partial charge in [0.05, 0.1) is 18.7 Å². The normalized spacial score (nSPS) is 21.6. The lowest BCUT2D eigenvalue weighted by atomic mass is 9.87. The second-order valence-electron chi connectivity index (χ2n) is 11.2. The molecule has 0 spiro atoms. The molecule has 3 unspecified atom stereocenters. The summed E-state index contributed by atoms with van der Waals surface area (Å²) < 4.78 is 55.9. The Balaban J connectivity index is 1.23. The molecule has 1 aliphatic heterocycles. The van der Waals surface area contributed by atoms with Crippen molar-refractivity contribution in [2.75, 3.05) is 31.6 Å². The van der Waals surface area contributed by atoms with Gasteiger partial charge in [-0.15, -0.1) is 0 Å². The van der Waals surface area contributed by atoms with E-state index in [1.54, 1.807) is 12.1 Å². The molecule has 0 aromatic heterocycles. The third-order valence-electron chi connectivity index (χ3n) is 8.40. The van der Waals surface area contributed by atoms with Crippen LogP contribution in [0.15, 0.2) is 76.6 Å². The molecule has 1 saturated carbocycles. The van der Waals surface area contributed by atoms with E-state index in [0.29, 0.717) is 18.0 Å². The minimum absolute atomic E-state index is 0.0164. The Morgan fingerprint density at radius 2 is 1.86 bits per heavy atom. The number of nitrogens with one attached hydrogen (secondary N) is 1. The molecule has 1 heterocycles. The standard InChI is InChI=1S/C32H32F4N4OS/c1-39-16-15-37-30(39)19-40(31(41)28-18-26(28)21-5-10-23(33)11-6-21)24-12-7-20-3-2-4-29(27(20)17-24)38-42-25-13-8-22(9-14-25)32(34,35)36/h5-14,17,26,28-29,38H,2-4,15-16,18-19H2,1H3. The van der Waals surface area contributed by atoms with Gasteiger partial charge in [0.15, 0.2) is 0 Å². The van der Waals surface area contributed by atoms with Crippen LogP contribution in [-0.4, -0.2) is 43.3 Å². The van der Waals surface area contributed by atoms with Crippen LogP contribution in [-0.2, 0) is 17.4 Å². The monoisotopic (exact) mass is 596 g/mol. The number of halogens is 4. The predicted molar refractivity (Wildman–Crippen MR) is 157 cm³/mol. The SMILES string of the molecule is CN1CCN=C1CN(C(=O)C1CC1c1ccc(F)cc1)c1ccc2c(c1)C(NSc1ccc(C(F)(F)F)cc1)CCC2. The summed E-state index contributed by atoms with van der Waals surface area (Å²) in [5.41, 5.74) is 3.41. The maximum absolute atomic E-state index is 14.0. The fourth-order valence-electron chi connectivity index (χ4n) is 5.86. The molecule has 2 aliphatic carbocycles. The summed E-state index contributed by atoms with van der Waals surface area (Å²) in [6.45, 7) is 1.89. The number of carbonyl (C=O) groups excluding carboxylic acids is 1. The number of benzene rings is 3. The number of likely N-dealkylation sites (N-methyl/N-ethyl adjacent to an activating group) is 1. The summed E-state index contributed by atoms with van der Waals surface area (Å²) in [5.74, 6) is 0.498. The van der Waals surface area contributed by atoms with E-state index in [2.05, 4.69) is 26.7 Å². The molecule has 3 atom stereocenters. The number of anilines is 1. The van der Waals surface area contributed by atoms with Crippen molar-refractivity contribution in [3.8, 4) is 0 Å². The molecule has 42 heavy (non-hydrogen) atoms. The molecule has 1 amide bonds. The van der Waals surface area contributed by atoms with E-state index in [0.717, 1.165) is 67.0 Å². The second kappa shape index (κ2) is 11.7. The van der Waals surface area contributed by atoms with Crippen molar-refractivity contribution in [3.05, 3.63) is 94.8 Å². The van der Waals surface area contributed by atoms with Crippen LogP contribution < -0.4 is 9.62 Å². The van der Waals surface area contributed by atoms with Gasteiger partial charge in [-0.1, -0.05) is 18.2 Å². The van der Waals surface area contributed by atoms with Gasteiger partial charge in [0.25, 0.3) is 0 Å². The maximum atomic E-state index is 14.0. The van der Waals surface area contributed by atoms with Gasteiger partial charge in [-0.25, -0.2) is 4.39 Å². The molecule has 0 bridgehead atoms. The molecule has 1 fully saturated rings. The van der Waals surface area contributed by atoms with Crippen molar-refractivity contribution in [3.63, 3.8) is 0 Å². The number of hydrogen-bond acceptors (Lipinski definition) is 5. The lowest BCUT2D eigenvalue weighted by Gasteiger charge is -2.30. The van der Waals surface area contributed by atoms with Gasteiger partial charge < -0.3 is 9.80 Å². The lowest BCUT2D eigenvalue weighted by Crippen LogP contribution is -2.41. The van der Waals surface area contributed by atoms with Gasteiger partial charge in [-0.3, -0.25) is 14.5 Å². The Kier molecular flexibility index (Phi) is 8.02. The van der Waals surface area contributed by atoms with E-state index in [4.69, 9.17) is 0 Å². The van der Waals surface area contributed by atoms with E-state index in [1.807, 2.05) is 18.0 Å². The molecule has 220 valence electrons. The van der Waals surface area contributed by atoms with Gasteiger partial charge >= 0.3 is 6.18 Å². The zero-order valence-electron chi connectivity index (χ0n) is 23.2. The number of carbonyl (C=O) groups is 1. The highest BCUT2D eigenvalue weighted by Gasteiger charge is 2.46. The van der Waals surface area contributed by atoms with Crippen LogP contribution in [0.4, 0.5) is 23.2 Å². The number of rotatable bonds is 8. The first-order valence-electron chi connectivity index (χ1n) is 14.2. The average Bonchev–Trinajstić information content (AvgIpc) is 3.68. The van der Waals surface area contributed by atoms with Crippen LogP contribution in [0.25, 0.3) is 0 Å². The molecule has 0 radical (unpaired) electrons. The average molecular weight is 597 g/mol. The number of aryl methyl sites for hydroxylation is 1. The molecule has 0 saturated heterocycles. The smallest absolute Gasteiger partial charge is 0.360 e. The predicted octanol–water partition coefficient (Wildman–Crippen LogP) is 7.00. The summed E-state index contributed by atoms with van der Waals surface area (Å²) in [6, 6.07) is 17.7. The number of fused-ring (bicyclic) bond motifs is 1. The van der Waals surface area contributed by atoms with Crippen molar-refractivity contribution in [1.82, 2.24) is 9.62 Å². The van der Waals surface area contributed by atoms with Crippen LogP contribution in [0, 0.1) is 11.7 Å². The fourth-order valence-corrected chi connectivity index (χ4v) is 6.66. The van der Waals surface area contributed by atoms with Crippen molar-refractivity contribution >= 4 is 29.4 Å².